The largest absolute Gasteiger partial charge is 0.506 e. The van der Waals surface area contributed by atoms with Gasteiger partial charge in [0, 0.05) is 6.20 Å². The number of nitrogens with zero attached hydrogens (tertiary/aromatic N) is 2. The first-order valence-corrected chi connectivity index (χ1v) is 3.97. The Morgan fingerprint density at radius 3 is 3.14 bits per heavy atom. The van der Waals surface area contributed by atoms with E-state index in [-0.39, 0.29) is 11.3 Å². The molecule has 72 valence electrons. The quantitative estimate of drug-likeness (QED) is 0.679. The number of hydrogen-bond acceptors (Lipinski definition) is 4. The number of pyridine rings is 1. The van der Waals surface area contributed by atoms with E-state index in [1.54, 1.807) is 12.3 Å². The minimum absolute atomic E-state index is 0.00500. The summed E-state index contributed by atoms with van der Waals surface area (Å²) in [6.45, 7) is 0. The molecule has 14 heavy (non-hydrogen) atoms. The standard InChI is InChI=1S/C9H8N2O3/c1-14-9(13)6-5-10-11-4-2-3-7(12)8(6)11/h2-5,12H,1H3. The van der Waals surface area contributed by atoms with Gasteiger partial charge in [-0.25, -0.2) is 9.31 Å². The summed E-state index contributed by atoms with van der Waals surface area (Å²) in [6, 6.07) is 3.12. The van der Waals surface area contributed by atoms with Gasteiger partial charge in [-0.05, 0) is 12.1 Å². The highest BCUT2D eigenvalue weighted by Crippen LogP contribution is 2.21. The third kappa shape index (κ3) is 1.10. The second-order valence-electron chi connectivity index (χ2n) is 2.74. The van der Waals surface area contributed by atoms with Crippen LogP contribution in [-0.4, -0.2) is 27.8 Å². The number of carbonyl (C=O) groups excluding carboxylic acids is 1. The number of methoxy groups -OCH3 is 1. The van der Waals surface area contributed by atoms with Crippen molar-refractivity contribution < 1.29 is 14.6 Å². The number of carbonyl (C=O) groups is 1. The Balaban J connectivity index is 2.73. The van der Waals surface area contributed by atoms with Crippen LogP contribution in [0.4, 0.5) is 0 Å². The van der Waals surface area contributed by atoms with Gasteiger partial charge in [0.25, 0.3) is 0 Å². The SMILES string of the molecule is COC(=O)c1cnn2cccc(O)c12. The zero-order chi connectivity index (χ0) is 10.1. The predicted molar refractivity (Wildman–Crippen MR) is 48.2 cm³/mol. The summed E-state index contributed by atoms with van der Waals surface area (Å²) in [4.78, 5) is 11.3. The summed E-state index contributed by atoms with van der Waals surface area (Å²) in [6.07, 6.45) is 3.00. The number of fused-ring (bicyclic) bond motifs is 1. The maximum Gasteiger partial charge on any atom is 0.341 e. The number of aromatic hydroxyl groups is 1. The molecule has 0 atom stereocenters. The zero-order valence-corrected chi connectivity index (χ0v) is 7.47. The molecule has 0 aromatic carbocycles. The lowest BCUT2D eigenvalue weighted by Crippen LogP contribution is -2.00. The lowest BCUT2D eigenvalue weighted by atomic mass is 10.2. The summed E-state index contributed by atoms with van der Waals surface area (Å²) in [5, 5.41) is 13.4. The average molecular weight is 192 g/mol. The van der Waals surface area contributed by atoms with Crippen LogP contribution >= 0.6 is 0 Å². The molecule has 0 bridgehead atoms. The van der Waals surface area contributed by atoms with Crippen molar-refractivity contribution in [2.75, 3.05) is 7.11 Å². The highest BCUT2D eigenvalue weighted by atomic mass is 16.5. The highest BCUT2D eigenvalue weighted by Gasteiger charge is 2.15. The molecule has 0 saturated heterocycles. The number of esters is 1. The fraction of sp³-hybridized carbons (Fsp3) is 0.111. The van der Waals surface area contributed by atoms with E-state index in [1.165, 1.54) is 23.9 Å². The fourth-order valence-electron chi connectivity index (χ4n) is 1.28. The molecule has 0 spiro atoms. The molecule has 0 aliphatic heterocycles. The summed E-state index contributed by atoms with van der Waals surface area (Å²) in [5.41, 5.74) is 0.616. The molecule has 5 heteroatoms. The van der Waals surface area contributed by atoms with Crippen molar-refractivity contribution in [2.24, 2.45) is 0 Å². The molecule has 0 unspecified atom stereocenters. The van der Waals surface area contributed by atoms with Gasteiger partial charge in [0.2, 0.25) is 0 Å². The van der Waals surface area contributed by atoms with Crippen molar-refractivity contribution in [2.45, 2.75) is 0 Å². The summed E-state index contributed by atoms with van der Waals surface area (Å²) >= 11 is 0. The second kappa shape index (κ2) is 3.02. The van der Waals surface area contributed by atoms with Crippen molar-refractivity contribution in [3.63, 3.8) is 0 Å². The number of aromatic nitrogens is 2. The molecule has 0 aliphatic carbocycles. The van der Waals surface area contributed by atoms with Crippen molar-refractivity contribution >= 4 is 11.5 Å². The van der Waals surface area contributed by atoms with E-state index in [0.717, 1.165) is 0 Å². The molecule has 1 N–H and O–H groups in total. The van der Waals surface area contributed by atoms with Gasteiger partial charge in [-0.15, -0.1) is 0 Å². The van der Waals surface area contributed by atoms with Crippen LogP contribution in [0.2, 0.25) is 0 Å². The summed E-state index contributed by atoms with van der Waals surface area (Å²) in [7, 11) is 1.28. The Labute approximate surface area is 79.5 Å². The number of ether oxygens (including phenoxy) is 1. The van der Waals surface area contributed by atoms with E-state index in [2.05, 4.69) is 9.84 Å². The third-order valence-corrected chi connectivity index (χ3v) is 1.92. The van der Waals surface area contributed by atoms with Crippen molar-refractivity contribution in [1.82, 2.24) is 9.61 Å². The number of rotatable bonds is 1. The van der Waals surface area contributed by atoms with Crippen LogP contribution < -0.4 is 0 Å². The van der Waals surface area contributed by atoms with E-state index in [1.807, 2.05) is 0 Å². The van der Waals surface area contributed by atoms with Gasteiger partial charge >= 0.3 is 5.97 Å². The molecule has 0 saturated carbocycles. The van der Waals surface area contributed by atoms with Crippen LogP contribution in [0, 0.1) is 0 Å². The maximum atomic E-state index is 11.3. The Kier molecular flexibility index (Phi) is 1.85. The van der Waals surface area contributed by atoms with Crippen LogP contribution in [-0.2, 0) is 4.74 Å². The van der Waals surface area contributed by atoms with Crippen LogP contribution in [0.15, 0.2) is 24.5 Å². The molecule has 0 fully saturated rings. The van der Waals surface area contributed by atoms with Gasteiger partial charge in [-0.1, -0.05) is 0 Å². The fourth-order valence-corrected chi connectivity index (χ4v) is 1.28. The monoisotopic (exact) mass is 192 g/mol. The van der Waals surface area contributed by atoms with Crippen LogP contribution in [0.3, 0.4) is 0 Å². The third-order valence-electron chi connectivity index (χ3n) is 1.92. The van der Waals surface area contributed by atoms with E-state index in [9.17, 15) is 9.90 Å². The van der Waals surface area contributed by atoms with Crippen molar-refractivity contribution in [1.29, 1.82) is 0 Å². The Hall–Kier alpha value is -2.04. The molecule has 5 nitrogen and oxygen atoms in total. The zero-order valence-electron chi connectivity index (χ0n) is 7.47. The normalized spacial score (nSPS) is 10.4. The minimum atomic E-state index is -0.512. The second-order valence-corrected chi connectivity index (χ2v) is 2.74. The lowest BCUT2D eigenvalue weighted by molar-refractivity contribution is 0.0602. The molecule has 0 radical (unpaired) electrons. The molecular formula is C9H8N2O3. The smallest absolute Gasteiger partial charge is 0.341 e. The number of hydrogen-bond donors (Lipinski definition) is 1. The van der Waals surface area contributed by atoms with Crippen molar-refractivity contribution in [3.8, 4) is 5.75 Å². The highest BCUT2D eigenvalue weighted by molar-refractivity contribution is 5.98. The van der Waals surface area contributed by atoms with Gasteiger partial charge in [0.05, 0.1) is 13.3 Å². The molecular weight excluding hydrogens is 184 g/mol. The minimum Gasteiger partial charge on any atom is -0.506 e. The first-order valence-electron chi connectivity index (χ1n) is 3.97. The van der Waals surface area contributed by atoms with Gasteiger partial charge in [0.15, 0.2) is 0 Å². The van der Waals surface area contributed by atoms with Crippen LogP contribution in [0.25, 0.3) is 5.52 Å². The molecule has 2 aromatic heterocycles. The predicted octanol–water partition coefficient (Wildman–Crippen LogP) is 0.826. The Morgan fingerprint density at radius 2 is 2.43 bits per heavy atom. The first-order chi connectivity index (χ1) is 6.74. The Morgan fingerprint density at radius 1 is 1.64 bits per heavy atom. The van der Waals surface area contributed by atoms with E-state index < -0.39 is 5.97 Å². The summed E-state index contributed by atoms with van der Waals surface area (Å²) in [5.74, 6) is -0.507. The van der Waals surface area contributed by atoms with Gasteiger partial charge in [-0.3, -0.25) is 0 Å². The molecule has 2 heterocycles. The molecule has 0 amide bonds. The van der Waals surface area contributed by atoms with Gasteiger partial charge in [-0.2, -0.15) is 5.10 Å². The topological polar surface area (TPSA) is 63.8 Å². The molecule has 0 aliphatic rings. The van der Waals surface area contributed by atoms with Gasteiger partial charge < -0.3 is 9.84 Å². The van der Waals surface area contributed by atoms with Crippen molar-refractivity contribution in [3.05, 3.63) is 30.1 Å². The van der Waals surface area contributed by atoms with E-state index >= 15 is 0 Å². The lowest BCUT2D eigenvalue weighted by Gasteiger charge is -1.98. The first kappa shape index (κ1) is 8.55. The maximum absolute atomic E-state index is 11.3. The molecule has 2 rings (SSSR count). The summed E-state index contributed by atoms with van der Waals surface area (Å²) < 4.78 is 5.97. The van der Waals surface area contributed by atoms with Gasteiger partial charge in [0.1, 0.15) is 16.8 Å². The van der Waals surface area contributed by atoms with E-state index in [4.69, 9.17) is 0 Å². The average Bonchev–Trinajstić information content (AvgIpc) is 2.62. The Bertz CT molecular complexity index is 490. The molecule has 2 aromatic rings. The van der Waals surface area contributed by atoms with Crippen LogP contribution in [0.5, 0.6) is 5.75 Å². The van der Waals surface area contributed by atoms with E-state index in [0.29, 0.717) is 5.52 Å². The van der Waals surface area contributed by atoms with Crippen LogP contribution in [0.1, 0.15) is 10.4 Å².